The predicted octanol–water partition coefficient (Wildman–Crippen LogP) is 5.88. The predicted molar refractivity (Wildman–Crippen MR) is 177 cm³/mol. The van der Waals surface area contributed by atoms with Crippen LogP contribution in [0.1, 0.15) is 51.9 Å². The maximum absolute atomic E-state index is 13.2. The van der Waals surface area contributed by atoms with Gasteiger partial charge in [0.05, 0.1) is 29.9 Å². The van der Waals surface area contributed by atoms with Crippen LogP contribution in [0, 0.1) is 5.92 Å². The summed E-state index contributed by atoms with van der Waals surface area (Å²) in [5, 5.41) is 20.3. The van der Waals surface area contributed by atoms with Gasteiger partial charge in [0.15, 0.2) is 6.29 Å². The zero-order valence-electron chi connectivity index (χ0n) is 25.4. The number of nitrogens with zero attached hydrogens (tertiary/aromatic N) is 2. The maximum Gasteiger partial charge on any atom is 0.338 e. The van der Waals surface area contributed by atoms with Crippen molar-refractivity contribution in [3.63, 3.8) is 0 Å². The molecule has 242 valence electrons. The molecule has 3 N–H and O–H groups in total. The molecule has 1 aliphatic heterocycles. The standard InChI is InChI=1S/C35H33N3O7S2/c1-22-29(21-46-33-28(34(40)41)7-4-18-37-33)44-35(45-32(22)26-13-11-24(20-39)12-14-26)27-15-9-23(10-16-27)19-38-47(42,43)30-8-2-5-25-6-3-17-36-31(25)30/h2-18,22,29,32,35,38-39H,19-21H2,1H3,(H,40,41)/t22-,29+,32+,35?/m0/s1. The first-order valence-corrected chi connectivity index (χ1v) is 17.4. The van der Waals surface area contributed by atoms with Crippen LogP contribution in [0.25, 0.3) is 10.9 Å². The summed E-state index contributed by atoms with van der Waals surface area (Å²) in [7, 11) is -3.83. The van der Waals surface area contributed by atoms with Crippen molar-refractivity contribution in [3.8, 4) is 0 Å². The summed E-state index contributed by atoms with van der Waals surface area (Å²) in [6, 6.07) is 26.7. The third-order valence-corrected chi connectivity index (χ3v) is 10.6. The number of aliphatic hydroxyl groups is 1. The van der Waals surface area contributed by atoms with E-state index in [0.29, 0.717) is 16.3 Å². The first-order valence-electron chi connectivity index (χ1n) is 15.0. The molecule has 1 fully saturated rings. The number of sulfonamides is 1. The summed E-state index contributed by atoms with van der Waals surface area (Å²) in [6.07, 6.45) is 1.72. The van der Waals surface area contributed by atoms with E-state index < -0.39 is 22.3 Å². The van der Waals surface area contributed by atoms with Gasteiger partial charge in [0, 0.05) is 41.6 Å². The highest BCUT2D eigenvalue weighted by Gasteiger charge is 2.38. The Morgan fingerprint density at radius 3 is 2.30 bits per heavy atom. The van der Waals surface area contributed by atoms with E-state index in [-0.39, 0.29) is 41.7 Å². The van der Waals surface area contributed by atoms with Crippen molar-refractivity contribution in [3.05, 3.63) is 131 Å². The van der Waals surface area contributed by atoms with Gasteiger partial charge in [-0.1, -0.05) is 73.7 Å². The van der Waals surface area contributed by atoms with E-state index >= 15 is 0 Å². The van der Waals surface area contributed by atoms with Gasteiger partial charge < -0.3 is 19.7 Å². The molecule has 6 rings (SSSR count). The molecule has 0 amide bonds. The smallest absolute Gasteiger partial charge is 0.338 e. The quantitative estimate of drug-likeness (QED) is 0.145. The van der Waals surface area contributed by atoms with Gasteiger partial charge in [-0.15, -0.1) is 11.8 Å². The molecule has 0 bridgehead atoms. The Labute approximate surface area is 276 Å². The third-order valence-electron chi connectivity index (χ3n) is 8.11. The molecule has 3 aromatic carbocycles. The number of aromatic carboxylic acids is 1. The van der Waals surface area contributed by atoms with Gasteiger partial charge in [0.25, 0.3) is 0 Å². The molecule has 1 aliphatic rings. The molecule has 3 heterocycles. The van der Waals surface area contributed by atoms with Crippen LogP contribution in [0.4, 0.5) is 0 Å². The lowest BCUT2D eigenvalue weighted by atomic mass is 9.91. The minimum absolute atomic E-state index is 0.0658. The lowest BCUT2D eigenvalue weighted by Crippen LogP contribution is -2.38. The molecule has 47 heavy (non-hydrogen) atoms. The maximum atomic E-state index is 13.2. The van der Waals surface area contributed by atoms with E-state index in [1.54, 1.807) is 30.6 Å². The molecular weight excluding hydrogens is 639 g/mol. The summed E-state index contributed by atoms with van der Waals surface area (Å²) in [6.45, 7) is 2.04. The number of pyridine rings is 2. The highest BCUT2D eigenvalue weighted by Crippen LogP contribution is 2.43. The zero-order chi connectivity index (χ0) is 33.0. The minimum atomic E-state index is -3.83. The van der Waals surface area contributed by atoms with Crippen molar-refractivity contribution in [1.82, 2.24) is 14.7 Å². The zero-order valence-corrected chi connectivity index (χ0v) is 27.0. The van der Waals surface area contributed by atoms with Crippen molar-refractivity contribution in [2.75, 3.05) is 5.75 Å². The topological polar surface area (TPSA) is 148 Å². The molecule has 12 heteroatoms. The van der Waals surface area contributed by atoms with Crippen LogP contribution >= 0.6 is 11.8 Å². The van der Waals surface area contributed by atoms with Crippen molar-refractivity contribution in [1.29, 1.82) is 0 Å². The number of aromatic nitrogens is 2. The van der Waals surface area contributed by atoms with Crippen LogP contribution < -0.4 is 4.72 Å². The number of aliphatic hydroxyl groups excluding tert-OH is 1. The fourth-order valence-corrected chi connectivity index (χ4v) is 7.83. The monoisotopic (exact) mass is 671 g/mol. The second kappa shape index (κ2) is 14.3. The van der Waals surface area contributed by atoms with Crippen LogP contribution in [-0.4, -0.2) is 46.4 Å². The second-order valence-corrected chi connectivity index (χ2v) is 13.9. The number of rotatable bonds is 11. The lowest BCUT2D eigenvalue weighted by Gasteiger charge is -2.41. The average molecular weight is 672 g/mol. The fraction of sp³-hybridized carbons (Fsp3) is 0.229. The highest BCUT2D eigenvalue weighted by atomic mass is 32.2. The molecule has 0 spiro atoms. The van der Waals surface area contributed by atoms with Gasteiger partial charge in [0.2, 0.25) is 10.0 Å². The Hall–Kier alpha value is -4.17. The van der Waals surface area contributed by atoms with Gasteiger partial charge in [0.1, 0.15) is 9.92 Å². The highest BCUT2D eigenvalue weighted by molar-refractivity contribution is 7.99. The van der Waals surface area contributed by atoms with Crippen LogP contribution in [-0.2, 0) is 32.6 Å². The van der Waals surface area contributed by atoms with E-state index in [4.69, 9.17) is 9.47 Å². The first-order chi connectivity index (χ1) is 22.7. The van der Waals surface area contributed by atoms with E-state index in [2.05, 4.69) is 14.7 Å². The number of nitrogens with one attached hydrogen (secondary N) is 1. The van der Waals surface area contributed by atoms with Gasteiger partial charge in [-0.3, -0.25) is 4.98 Å². The lowest BCUT2D eigenvalue weighted by molar-refractivity contribution is -0.268. The average Bonchev–Trinajstić information content (AvgIpc) is 3.10. The molecule has 5 aromatic rings. The van der Waals surface area contributed by atoms with Crippen LogP contribution in [0.15, 0.2) is 113 Å². The second-order valence-electron chi connectivity index (χ2n) is 11.2. The van der Waals surface area contributed by atoms with Gasteiger partial charge >= 0.3 is 5.97 Å². The number of benzene rings is 3. The van der Waals surface area contributed by atoms with Crippen molar-refractivity contribution >= 4 is 38.7 Å². The molecule has 0 radical (unpaired) electrons. The Bertz CT molecular complexity index is 1970. The molecular formula is C35H33N3O7S2. The number of hydrogen-bond donors (Lipinski definition) is 3. The Balaban J connectivity index is 1.20. The Morgan fingerprint density at radius 2 is 1.55 bits per heavy atom. The van der Waals surface area contributed by atoms with Crippen molar-refractivity contribution in [2.45, 2.75) is 48.5 Å². The third kappa shape index (κ3) is 7.38. The van der Waals surface area contributed by atoms with Crippen LogP contribution in [0.5, 0.6) is 0 Å². The summed E-state index contributed by atoms with van der Waals surface area (Å²) < 4.78 is 42.1. The minimum Gasteiger partial charge on any atom is -0.478 e. The number of carboxylic acid groups (broad SMARTS) is 1. The number of para-hydroxylation sites is 1. The fourth-order valence-electron chi connectivity index (χ4n) is 5.48. The number of carbonyl (C=O) groups is 1. The molecule has 1 saturated heterocycles. The molecule has 1 unspecified atom stereocenters. The van der Waals surface area contributed by atoms with E-state index in [9.17, 15) is 23.4 Å². The number of hydrogen-bond acceptors (Lipinski definition) is 9. The SMILES string of the molecule is C[C@H]1[C@@H](CSc2ncccc2C(=O)O)OC(c2ccc(CNS(=O)(=O)c3cccc4cccnc34)cc2)O[C@H]1c1ccc(CO)cc1. The van der Waals surface area contributed by atoms with E-state index in [0.717, 1.165) is 27.6 Å². The summed E-state index contributed by atoms with van der Waals surface area (Å²) >= 11 is 1.32. The number of thioether (sulfide) groups is 1. The van der Waals surface area contributed by atoms with Crippen molar-refractivity contribution in [2.24, 2.45) is 5.92 Å². The Morgan fingerprint density at radius 1 is 0.872 bits per heavy atom. The van der Waals surface area contributed by atoms with Crippen molar-refractivity contribution < 1.29 is 32.9 Å². The van der Waals surface area contributed by atoms with E-state index in [1.165, 1.54) is 23.9 Å². The molecule has 4 atom stereocenters. The largest absolute Gasteiger partial charge is 0.478 e. The number of ether oxygens (including phenoxy) is 2. The van der Waals surface area contributed by atoms with Gasteiger partial charge in [-0.25, -0.2) is 22.9 Å². The van der Waals surface area contributed by atoms with E-state index in [1.807, 2.05) is 67.6 Å². The summed E-state index contributed by atoms with van der Waals surface area (Å²) in [5.74, 6) is -0.711. The molecule has 10 nitrogen and oxygen atoms in total. The number of carboxylic acids is 1. The normalized spacial score (nSPS) is 19.9. The first kappa shape index (κ1) is 32.8. The van der Waals surface area contributed by atoms with Crippen LogP contribution in [0.3, 0.4) is 0 Å². The van der Waals surface area contributed by atoms with Crippen LogP contribution in [0.2, 0.25) is 0 Å². The van der Waals surface area contributed by atoms with Gasteiger partial charge in [-0.05, 0) is 41.0 Å². The molecule has 2 aromatic heterocycles. The molecule has 0 aliphatic carbocycles. The number of fused-ring (bicyclic) bond motifs is 1. The molecule has 0 saturated carbocycles. The summed E-state index contributed by atoms with van der Waals surface area (Å²) in [5.41, 5.74) is 3.75. The summed E-state index contributed by atoms with van der Waals surface area (Å²) in [4.78, 5) is 20.4. The van der Waals surface area contributed by atoms with Gasteiger partial charge in [-0.2, -0.15) is 0 Å². The Kier molecular flexibility index (Phi) is 9.97.